The molecule has 0 aliphatic heterocycles. The molecular formula is C16H16ClN3O2. The van der Waals surface area contributed by atoms with E-state index in [1.54, 1.807) is 36.4 Å². The van der Waals surface area contributed by atoms with Crippen LogP contribution in [-0.2, 0) is 0 Å². The van der Waals surface area contributed by atoms with Gasteiger partial charge < -0.3 is 10.6 Å². The topological polar surface area (TPSA) is 71.1 Å². The fraction of sp³-hybridized carbons (Fsp3) is 0.188. The molecule has 6 heteroatoms. The highest BCUT2D eigenvalue weighted by molar-refractivity contribution is 6.29. The van der Waals surface area contributed by atoms with Crippen LogP contribution >= 0.6 is 11.6 Å². The Morgan fingerprint density at radius 2 is 1.86 bits per heavy atom. The summed E-state index contributed by atoms with van der Waals surface area (Å²) < 4.78 is 0. The lowest BCUT2D eigenvalue weighted by molar-refractivity contribution is 0.0953. The molecular weight excluding hydrogens is 302 g/mol. The van der Waals surface area contributed by atoms with E-state index >= 15 is 0 Å². The second-order valence-electron chi connectivity index (χ2n) is 4.66. The number of pyridine rings is 1. The van der Waals surface area contributed by atoms with E-state index < -0.39 is 0 Å². The maximum Gasteiger partial charge on any atom is 0.255 e. The van der Waals surface area contributed by atoms with Crippen LogP contribution in [0.15, 0.2) is 42.6 Å². The number of anilines is 1. The van der Waals surface area contributed by atoms with E-state index in [2.05, 4.69) is 15.6 Å². The summed E-state index contributed by atoms with van der Waals surface area (Å²) in [5.74, 6) is -0.501. The highest BCUT2D eigenvalue weighted by Crippen LogP contribution is 2.12. The molecule has 0 spiro atoms. The van der Waals surface area contributed by atoms with Crippen molar-refractivity contribution >= 4 is 29.1 Å². The summed E-state index contributed by atoms with van der Waals surface area (Å²) in [6, 6.07) is 9.80. The van der Waals surface area contributed by atoms with Gasteiger partial charge in [0, 0.05) is 17.7 Å². The third-order valence-corrected chi connectivity index (χ3v) is 3.13. The third-order valence-electron chi connectivity index (χ3n) is 2.91. The molecule has 114 valence electrons. The summed E-state index contributed by atoms with van der Waals surface area (Å²) in [5.41, 5.74) is 1.39. The van der Waals surface area contributed by atoms with E-state index in [0.29, 0.717) is 28.5 Å². The lowest BCUT2D eigenvalue weighted by Crippen LogP contribution is -2.24. The van der Waals surface area contributed by atoms with Gasteiger partial charge in [-0.1, -0.05) is 24.6 Å². The number of hydrogen-bond donors (Lipinski definition) is 2. The van der Waals surface area contributed by atoms with Crippen molar-refractivity contribution in [3.05, 3.63) is 58.9 Å². The number of nitrogens with zero attached hydrogens (tertiary/aromatic N) is 1. The smallest absolute Gasteiger partial charge is 0.255 e. The molecule has 0 aliphatic carbocycles. The van der Waals surface area contributed by atoms with Crippen LogP contribution in [0.3, 0.4) is 0 Å². The zero-order chi connectivity index (χ0) is 15.9. The van der Waals surface area contributed by atoms with Crippen LogP contribution in [0.1, 0.15) is 34.1 Å². The molecule has 0 bridgehead atoms. The number of halogens is 1. The van der Waals surface area contributed by atoms with Crippen molar-refractivity contribution in [3.8, 4) is 0 Å². The van der Waals surface area contributed by atoms with Crippen molar-refractivity contribution in [2.75, 3.05) is 11.9 Å². The zero-order valence-electron chi connectivity index (χ0n) is 12.1. The first-order valence-corrected chi connectivity index (χ1v) is 7.29. The molecule has 0 saturated heterocycles. The van der Waals surface area contributed by atoms with Crippen molar-refractivity contribution in [1.82, 2.24) is 10.3 Å². The Hall–Kier alpha value is -2.40. The molecule has 0 aliphatic rings. The lowest BCUT2D eigenvalue weighted by Gasteiger charge is -2.07. The summed E-state index contributed by atoms with van der Waals surface area (Å²) in [4.78, 5) is 28.0. The number of aromatic nitrogens is 1. The third kappa shape index (κ3) is 4.30. The van der Waals surface area contributed by atoms with E-state index in [-0.39, 0.29) is 11.8 Å². The van der Waals surface area contributed by atoms with Gasteiger partial charge in [-0.2, -0.15) is 0 Å². The first-order chi connectivity index (χ1) is 10.6. The van der Waals surface area contributed by atoms with Crippen LogP contribution in [0.2, 0.25) is 5.15 Å². The van der Waals surface area contributed by atoms with E-state index in [0.717, 1.165) is 6.42 Å². The lowest BCUT2D eigenvalue weighted by atomic mass is 10.1. The van der Waals surface area contributed by atoms with Crippen LogP contribution in [0.5, 0.6) is 0 Å². The maximum atomic E-state index is 12.2. The Morgan fingerprint density at radius 3 is 2.50 bits per heavy atom. The predicted octanol–water partition coefficient (Wildman–Crippen LogP) is 3.13. The van der Waals surface area contributed by atoms with Gasteiger partial charge in [0.15, 0.2) is 0 Å². The number of rotatable bonds is 5. The SMILES string of the molecule is CCCNC(=O)c1cccc(C(=O)Nc2ccc(Cl)nc2)c1. The van der Waals surface area contributed by atoms with Crippen LogP contribution < -0.4 is 10.6 Å². The van der Waals surface area contributed by atoms with Gasteiger partial charge in [-0.25, -0.2) is 4.98 Å². The van der Waals surface area contributed by atoms with Crippen LogP contribution in [0.25, 0.3) is 0 Å². The minimum atomic E-state index is -0.311. The number of amides is 2. The summed E-state index contributed by atoms with van der Waals surface area (Å²) >= 11 is 5.69. The molecule has 1 aromatic carbocycles. The summed E-state index contributed by atoms with van der Waals surface area (Å²) in [5, 5.41) is 5.83. The molecule has 0 fully saturated rings. The van der Waals surface area contributed by atoms with Gasteiger partial charge in [0.1, 0.15) is 5.15 Å². The molecule has 1 heterocycles. The van der Waals surface area contributed by atoms with E-state index in [9.17, 15) is 9.59 Å². The highest BCUT2D eigenvalue weighted by atomic mass is 35.5. The molecule has 0 unspecified atom stereocenters. The fourth-order valence-electron chi connectivity index (χ4n) is 1.80. The van der Waals surface area contributed by atoms with Gasteiger partial charge >= 0.3 is 0 Å². The van der Waals surface area contributed by atoms with Crippen molar-refractivity contribution in [2.45, 2.75) is 13.3 Å². The Balaban J connectivity index is 2.09. The predicted molar refractivity (Wildman–Crippen MR) is 86.3 cm³/mol. The van der Waals surface area contributed by atoms with Gasteiger partial charge in [-0.05, 0) is 36.8 Å². The largest absolute Gasteiger partial charge is 0.352 e. The highest BCUT2D eigenvalue weighted by Gasteiger charge is 2.10. The van der Waals surface area contributed by atoms with E-state index in [1.807, 2.05) is 6.92 Å². The van der Waals surface area contributed by atoms with Gasteiger partial charge in [0.2, 0.25) is 0 Å². The number of hydrogen-bond acceptors (Lipinski definition) is 3. The average molecular weight is 318 g/mol. The first kappa shape index (κ1) is 16.0. The summed E-state index contributed by atoms with van der Waals surface area (Å²) in [6.07, 6.45) is 2.33. The molecule has 2 N–H and O–H groups in total. The average Bonchev–Trinajstić information content (AvgIpc) is 2.54. The molecule has 0 atom stereocenters. The van der Waals surface area contributed by atoms with Crippen molar-refractivity contribution in [1.29, 1.82) is 0 Å². The Morgan fingerprint density at radius 1 is 1.14 bits per heavy atom. The van der Waals surface area contributed by atoms with Crippen molar-refractivity contribution in [2.24, 2.45) is 0 Å². The maximum absolute atomic E-state index is 12.2. The second-order valence-corrected chi connectivity index (χ2v) is 5.05. The van der Waals surface area contributed by atoms with Crippen molar-refractivity contribution < 1.29 is 9.59 Å². The molecule has 5 nitrogen and oxygen atoms in total. The van der Waals surface area contributed by atoms with Crippen LogP contribution in [-0.4, -0.2) is 23.3 Å². The minimum absolute atomic E-state index is 0.190. The molecule has 0 saturated carbocycles. The van der Waals surface area contributed by atoms with E-state index in [1.165, 1.54) is 6.20 Å². The fourth-order valence-corrected chi connectivity index (χ4v) is 1.91. The van der Waals surface area contributed by atoms with Crippen LogP contribution in [0, 0.1) is 0 Å². The molecule has 1 aromatic heterocycles. The quantitative estimate of drug-likeness (QED) is 0.832. The number of benzene rings is 1. The second kappa shape index (κ2) is 7.56. The number of carbonyl (C=O) groups excluding carboxylic acids is 2. The molecule has 22 heavy (non-hydrogen) atoms. The van der Waals surface area contributed by atoms with Gasteiger partial charge in [-0.15, -0.1) is 0 Å². The Bertz CT molecular complexity index is 671. The summed E-state index contributed by atoms with van der Waals surface area (Å²) in [7, 11) is 0. The van der Waals surface area contributed by atoms with E-state index in [4.69, 9.17) is 11.6 Å². The Labute approximate surface area is 133 Å². The van der Waals surface area contributed by atoms with Gasteiger partial charge in [0.05, 0.1) is 11.9 Å². The van der Waals surface area contributed by atoms with Gasteiger partial charge in [-0.3, -0.25) is 9.59 Å². The standard InChI is InChI=1S/C16H16ClN3O2/c1-2-8-18-15(21)11-4-3-5-12(9-11)16(22)20-13-6-7-14(17)19-10-13/h3-7,9-10H,2,8H2,1H3,(H,18,21)(H,20,22). The minimum Gasteiger partial charge on any atom is -0.352 e. The Kier molecular flexibility index (Phi) is 5.49. The molecule has 2 aromatic rings. The first-order valence-electron chi connectivity index (χ1n) is 6.91. The number of carbonyl (C=O) groups is 2. The zero-order valence-corrected chi connectivity index (χ0v) is 12.9. The molecule has 2 amide bonds. The monoisotopic (exact) mass is 317 g/mol. The summed E-state index contributed by atoms with van der Waals surface area (Å²) in [6.45, 7) is 2.58. The molecule has 0 radical (unpaired) electrons. The molecule has 2 rings (SSSR count). The van der Waals surface area contributed by atoms with Crippen molar-refractivity contribution in [3.63, 3.8) is 0 Å². The van der Waals surface area contributed by atoms with Gasteiger partial charge in [0.25, 0.3) is 11.8 Å². The van der Waals surface area contributed by atoms with Crippen LogP contribution in [0.4, 0.5) is 5.69 Å². The number of nitrogens with one attached hydrogen (secondary N) is 2. The normalized spacial score (nSPS) is 10.1.